The third-order valence-electron chi connectivity index (χ3n) is 3.66. The first-order valence-electron chi connectivity index (χ1n) is 8.91. The molecule has 150 valence electrons. The van der Waals surface area contributed by atoms with Crippen LogP contribution in [-0.2, 0) is 14.3 Å². The summed E-state index contributed by atoms with van der Waals surface area (Å²) in [6.45, 7) is 5.41. The van der Waals surface area contributed by atoms with Gasteiger partial charge in [0.1, 0.15) is 0 Å². The Bertz CT molecular complexity index is 814. The van der Waals surface area contributed by atoms with E-state index >= 15 is 0 Å². The Balaban J connectivity index is 1.85. The largest absolute Gasteiger partial charge is 0.493 e. The number of esters is 1. The quantitative estimate of drug-likeness (QED) is 0.506. The lowest BCUT2D eigenvalue weighted by atomic mass is 10.2. The van der Waals surface area contributed by atoms with E-state index in [1.807, 2.05) is 38.3 Å². The van der Waals surface area contributed by atoms with Crippen LogP contribution in [0.4, 0.5) is 0 Å². The van der Waals surface area contributed by atoms with Crippen LogP contribution in [-0.4, -0.2) is 31.7 Å². The molecule has 1 N–H and O–H groups in total. The van der Waals surface area contributed by atoms with Crippen molar-refractivity contribution in [3.05, 3.63) is 52.2 Å². The van der Waals surface area contributed by atoms with Crippen molar-refractivity contribution in [2.45, 2.75) is 32.9 Å². The van der Waals surface area contributed by atoms with Crippen LogP contribution in [0.15, 0.2) is 41.8 Å². The second-order valence-electron chi connectivity index (χ2n) is 6.32. The fourth-order valence-electron chi connectivity index (χ4n) is 2.38. The van der Waals surface area contributed by atoms with Crippen LogP contribution < -0.4 is 14.8 Å². The molecule has 0 spiro atoms. The molecule has 0 aliphatic rings. The third-order valence-corrected chi connectivity index (χ3v) is 4.71. The van der Waals surface area contributed by atoms with Crippen LogP contribution in [0, 0.1) is 0 Å². The van der Waals surface area contributed by atoms with Crippen LogP contribution in [0.2, 0.25) is 0 Å². The van der Waals surface area contributed by atoms with Crippen molar-refractivity contribution in [3.8, 4) is 11.5 Å². The fraction of sp³-hybridized carbons (Fsp3) is 0.333. The van der Waals surface area contributed by atoms with Gasteiger partial charge in [-0.25, -0.2) is 4.79 Å². The molecule has 0 radical (unpaired) electrons. The highest BCUT2D eigenvalue weighted by Crippen LogP contribution is 2.29. The SMILES string of the molecule is COc1cc(/C=C/C(=O)OCC(=O)N[C@H](C)c2cccs2)ccc1OC(C)C. The summed E-state index contributed by atoms with van der Waals surface area (Å²) in [7, 11) is 1.56. The van der Waals surface area contributed by atoms with Crippen LogP contribution in [0.3, 0.4) is 0 Å². The predicted molar refractivity (Wildman–Crippen MR) is 110 cm³/mol. The van der Waals surface area contributed by atoms with Gasteiger partial charge in [0.2, 0.25) is 0 Å². The van der Waals surface area contributed by atoms with E-state index in [9.17, 15) is 9.59 Å². The zero-order valence-electron chi connectivity index (χ0n) is 16.4. The summed E-state index contributed by atoms with van der Waals surface area (Å²) >= 11 is 1.56. The molecule has 0 saturated heterocycles. The molecular formula is C21H25NO5S. The van der Waals surface area contributed by atoms with Crippen molar-refractivity contribution in [3.63, 3.8) is 0 Å². The molecule has 2 aromatic rings. The number of carbonyl (C=O) groups excluding carboxylic acids is 2. The summed E-state index contributed by atoms with van der Waals surface area (Å²) < 4.78 is 16.0. The van der Waals surface area contributed by atoms with Gasteiger partial charge in [-0.3, -0.25) is 4.79 Å². The van der Waals surface area contributed by atoms with Crippen molar-refractivity contribution in [1.29, 1.82) is 0 Å². The maximum Gasteiger partial charge on any atom is 0.331 e. The molecule has 0 unspecified atom stereocenters. The van der Waals surface area contributed by atoms with Gasteiger partial charge in [-0.05, 0) is 56.0 Å². The first-order chi connectivity index (χ1) is 13.4. The number of nitrogens with one attached hydrogen (secondary N) is 1. The number of carbonyl (C=O) groups is 2. The number of thiophene rings is 1. The number of amides is 1. The van der Waals surface area contributed by atoms with Crippen molar-refractivity contribution in [1.82, 2.24) is 5.32 Å². The summed E-state index contributed by atoms with van der Waals surface area (Å²) in [5, 5.41) is 4.73. The maximum atomic E-state index is 11.9. The van der Waals surface area contributed by atoms with Crippen LogP contribution >= 0.6 is 11.3 Å². The molecule has 1 aromatic heterocycles. The van der Waals surface area contributed by atoms with Crippen molar-refractivity contribution in [2.75, 3.05) is 13.7 Å². The fourth-order valence-corrected chi connectivity index (χ4v) is 3.11. The molecule has 2 rings (SSSR count). The zero-order valence-corrected chi connectivity index (χ0v) is 17.2. The second kappa shape index (κ2) is 10.5. The Hall–Kier alpha value is -2.80. The van der Waals surface area contributed by atoms with Crippen molar-refractivity contribution in [2.24, 2.45) is 0 Å². The Morgan fingerprint density at radius 1 is 1.18 bits per heavy atom. The topological polar surface area (TPSA) is 73.9 Å². The Labute approximate surface area is 169 Å². The summed E-state index contributed by atoms with van der Waals surface area (Å²) in [6, 6.07) is 9.08. The summed E-state index contributed by atoms with van der Waals surface area (Å²) in [5.41, 5.74) is 0.751. The molecule has 0 aliphatic heterocycles. The summed E-state index contributed by atoms with van der Waals surface area (Å²) in [4.78, 5) is 24.8. The van der Waals surface area contributed by atoms with Gasteiger partial charge >= 0.3 is 5.97 Å². The Morgan fingerprint density at radius 2 is 1.96 bits per heavy atom. The van der Waals surface area contributed by atoms with E-state index in [0.29, 0.717) is 11.5 Å². The van der Waals surface area contributed by atoms with Crippen molar-refractivity contribution >= 4 is 29.3 Å². The van der Waals surface area contributed by atoms with E-state index < -0.39 is 5.97 Å². The molecule has 0 saturated carbocycles. The molecule has 7 heteroatoms. The average Bonchev–Trinajstić information content (AvgIpc) is 3.20. The number of benzene rings is 1. The van der Waals surface area contributed by atoms with E-state index in [1.165, 1.54) is 6.08 Å². The van der Waals surface area contributed by atoms with Gasteiger partial charge in [-0.2, -0.15) is 0 Å². The van der Waals surface area contributed by atoms with E-state index in [0.717, 1.165) is 10.4 Å². The lowest BCUT2D eigenvalue weighted by Gasteiger charge is -2.13. The lowest BCUT2D eigenvalue weighted by Crippen LogP contribution is -2.30. The van der Waals surface area contributed by atoms with Gasteiger partial charge in [0.05, 0.1) is 19.3 Å². The van der Waals surface area contributed by atoms with Gasteiger partial charge in [-0.15, -0.1) is 11.3 Å². The van der Waals surface area contributed by atoms with Gasteiger partial charge in [0, 0.05) is 11.0 Å². The minimum absolute atomic E-state index is 0.0268. The standard InChI is InChI=1S/C21H25NO5S/c1-14(2)27-17-9-7-16(12-18(17)25-4)8-10-21(24)26-13-20(23)22-15(3)19-6-5-11-28-19/h5-12,14-15H,13H2,1-4H3,(H,22,23)/b10-8+/t15-/m1/s1. The highest BCUT2D eigenvalue weighted by molar-refractivity contribution is 7.10. The smallest absolute Gasteiger partial charge is 0.331 e. The predicted octanol–water partition coefficient (Wildman–Crippen LogP) is 3.98. The average molecular weight is 404 g/mol. The maximum absolute atomic E-state index is 11.9. The number of hydrogen-bond donors (Lipinski definition) is 1. The Kier molecular flexibility index (Phi) is 8.07. The molecule has 28 heavy (non-hydrogen) atoms. The summed E-state index contributed by atoms with van der Waals surface area (Å²) in [6.07, 6.45) is 2.89. The molecule has 1 atom stereocenters. The molecule has 6 nitrogen and oxygen atoms in total. The van der Waals surface area contributed by atoms with Crippen molar-refractivity contribution < 1.29 is 23.8 Å². The number of hydrogen-bond acceptors (Lipinski definition) is 6. The number of ether oxygens (including phenoxy) is 3. The lowest BCUT2D eigenvalue weighted by molar-refractivity contribution is -0.144. The molecule has 0 fully saturated rings. The normalized spacial score (nSPS) is 12.0. The molecule has 0 aliphatic carbocycles. The number of methoxy groups -OCH3 is 1. The van der Waals surface area contributed by atoms with E-state index in [1.54, 1.807) is 42.7 Å². The minimum atomic E-state index is -0.597. The van der Waals surface area contributed by atoms with Crippen LogP contribution in [0.1, 0.15) is 37.3 Å². The van der Waals surface area contributed by atoms with Gasteiger partial charge in [0.15, 0.2) is 18.1 Å². The molecule has 1 heterocycles. The van der Waals surface area contributed by atoms with Gasteiger partial charge in [-0.1, -0.05) is 12.1 Å². The highest BCUT2D eigenvalue weighted by atomic mass is 32.1. The van der Waals surface area contributed by atoms with E-state index in [2.05, 4.69) is 5.32 Å². The molecular weight excluding hydrogens is 378 g/mol. The summed E-state index contributed by atoms with van der Waals surface area (Å²) in [5.74, 6) is 0.264. The first kappa shape index (κ1) is 21.5. The van der Waals surface area contributed by atoms with Crippen LogP contribution in [0.5, 0.6) is 11.5 Å². The Morgan fingerprint density at radius 3 is 2.61 bits per heavy atom. The van der Waals surface area contributed by atoms with E-state index in [4.69, 9.17) is 14.2 Å². The zero-order chi connectivity index (χ0) is 20.5. The highest BCUT2D eigenvalue weighted by Gasteiger charge is 2.12. The van der Waals surface area contributed by atoms with Gasteiger partial charge in [0.25, 0.3) is 5.91 Å². The van der Waals surface area contributed by atoms with Gasteiger partial charge < -0.3 is 19.5 Å². The third kappa shape index (κ3) is 6.74. The van der Waals surface area contributed by atoms with E-state index in [-0.39, 0.29) is 24.7 Å². The second-order valence-corrected chi connectivity index (χ2v) is 7.30. The first-order valence-corrected chi connectivity index (χ1v) is 9.79. The molecule has 1 amide bonds. The molecule has 1 aromatic carbocycles. The molecule has 0 bridgehead atoms. The number of rotatable bonds is 9. The minimum Gasteiger partial charge on any atom is -0.493 e. The monoisotopic (exact) mass is 403 g/mol. The van der Waals surface area contributed by atoms with Crippen LogP contribution in [0.25, 0.3) is 6.08 Å².